The Morgan fingerprint density at radius 1 is 1.00 bits per heavy atom. The van der Waals surface area contributed by atoms with Crippen LogP contribution in [-0.2, 0) is 26.9 Å². The van der Waals surface area contributed by atoms with E-state index in [2.05, 4.69) is 5.32 Å². The number of hydrogen-bond donors (Lipinski definition) is 1. The molecule has 7 heteroatoms. The highest BCUT2D eigenvalue weighted by Crippen LogP contribution is 2.28. The summed E-state index contributed by atoms with van der Waals surface area (Å²) in [5, 5.41) is 3.45. The Hall–Kier alpha value is -3.45. The fourth-order valence-corrected chi connectivity index (χ4v) is 5.35. The van der Waals surface area contributed by atoms with Gasteiger partial charge in [0.2, 0.25) is 5.91 Å². The summed E-state index contributed by atoms with van der Waals surface area (Å²) in [6, 6.07) is 18.3. The maximum atomic E-state index is 13.2. The molecule has 0 saturated heterocycles. The van der Waals surface area contributed by atoms with Gasteiger partial charge in [-0.25, -0.2) is 12.8 Å². The third kappa shape index (κ3) is 4.57. The van der Waals surface area contributed by atoms with Crippen LogP contribution in [0.5, 0.6) is 0 Å². The van der Waals surface area contributed by atoms with E-state index in [1.54, 1.807) is 28.8 Å². The molecule has 3 aromatic carbocycles. The lowest BCUT2D eigenvalue weighted by Crippen LogP contribution is -2.18. The smallest absolute Gasteiger partial charge is 0.244 e. The van der Waals surface area contributed by atoms with Crippen molar-refractivity contribution < 1.29 is 17.6 Å². The lowest BCUT2D eigenvalue weighted by Gasteiger charge is -2.10. The highest BCUT2D eigenvalue weighted by molar-refractivity contribution is 7.90. The minimum atomic E-state index is -3.71. The molecule has 1 N–H and O–H groups in total. The van der Waals surface area contributed by atoms with Crippen LogP contribution in [0.3, 0.4) is 0 Å². The number of rotatable bonds is 6. The average Bonchev–Trinajstić information content (AvgIpc) is 3.11. The summed E-state index contributed by atoms with van der Waals surface area (Å²) in [5.74, 6) is -0.923. The lowest BCUT2D eigenvalue weighted by atomic mass is 10.1. The Bertz CT molecular complexity index is 1410. The topological polar surface area (TPSA) is 68.2 Å². The van der Waals surface area contributed by atoms with Crippen molar-refractivity contribution in [1.29, 1.82) is 0 Å². The second-order valence-corrected chi connectivity index (χ2v) is 9.85. The SMILES string of the molecule is Cc1ccc(NC(=O)Cn2cc(S(=O)(=O)Cc3ccc(F)cc3)c3ccccc32)c(C)c1. The summed E-state index contributed by atoms with van der Waals surface area (Å²) in [7, 11) is -3.71. The fraction of sp³-hybridized carbons (Fsp3) is 0.160. The Balaban J connectivity index is 1.63. The van der Waals surface area contributed by atoms with Crippen LogP contribution in [-0.4, -0.2) is 18.9 Å². The van der Waals surface area contributed by atoms with Gasteiger partial charge < -0.3 is 9.88 Å². The van der Waals surface area contributed by atoms with Gasteiger partial charge in [-0.05, 0) is 49.2 Å². The van der Waals surface area contributed by atoms with Gasteiger partial charge in [-0.1, -0.05) is 48.0 Å². The monoisotopic (exact) mass is 450 g/mol. The number of carbonyl (C=O) groups is 1. The number of para-hydroxylation sites is 1. The molecule has 0 fully saturated rings. The maximum Gasteiger partial charge on any atom is 0.244 e. The average molecular weight is 451 g/mol. The number of sulfone groups is 1. The Kier molecular flexibility index (Phi) is 5.84. The third-order valence-corrected chi connectivity index (χ3v) is 7.04. The number of nitrogens with one attached hydrogen (secondary N) is 1. The van der Waals surface area contributed by atoms with E-state index in [4.69, 9.17) is 0 Å². The van der Waals surface area contributed by atoms with E-state index in [1.165, 1.54) is 30.5 Å². The van der Waals surface area contributed by atoms with Gasteiger partial charge in [0.25, 0.3) is 0 Å². The standard InChI is InChI=1S/C25H23FN2O3S/c1-17-7-12-22(18(2)13-17)27-25(29)15-28-14-24(21-5-3-4-6-23(21)28)32(30,31)16-19-8-10-20(26)11-9-19/h3-14H,15-16H2,1-2H3,(H,27,29). The molecule has 4 aromatic rings. The molecule has 1 amide bonds. The van der Waals surface area contributed by atoms with Crippen LogP contribution in [0, 0.1) is 19.7 Å². The van der Waals surface area contributed by atoms with Gasteiger partial charge in [-0.3, -0.25) is 4.79 Å². The van der Waals surface area contributed by atoms with Crippen LogP contribution in [0.15, 0.2) is 77.8 Å². The van der Waals surface area contributed by atoms with Crippen LogP contribution in [0.25, 0.3) is 10.9 Å². The van der Waals surface area contributed by atoms with Gasteiger partial charge in [-0.15, -0.1) is 0 Å². The second-order valence-electron chi connectivity index (χ2n) is 7.89. The predicted octanol–water partition coefficient (Wildman–Crippen LogP) is 5.01. The summed E-state index contributed by atoms with van der Waals surface area (Å²) in [5.41, 5.74) is 3.93. The maximum absolute atomic E-state index is 13.2. The molecule has 0 bridgehead atoms. The van der Waals surface area contributed by atoms with E-state index >= 15 is 0 Å². The third-order valence-electron chi connectivity index (χ3n) is 5.33. The van der Waals surface area contributed by atoms with E-state index in [-0.39, 0.29) is 23.1 Å². The summed E-state index contributed by atoms with van der Waals surface area (Å²) in [4.78, 5) is 12.9. The van der Waals surface area contributed by atoms with Gasteiger partial charge in [0.15, 0.2) is 9.84 Å². The van der Waals surface area contributed by atoms with Crippen LogP contribution in [0.2, 0.25) is 0 Å². The van der Waals surface area contributed by atoms with Gasteiger partial charge in [-0.2, -0.15) is 0 Å². The first-order valence-electron chi connectivity index (χ1n) is 10.1. The molecule has 1 aromatic heterocycles. The molecule has 0 radical (unpaired) electrons. The lowest BCUT2D eigenvalue weighted by molar-refractivity contribution is -0.116. The molecule has 0 spiro atoms. The van der Waals surface area contributed by atoms with Crippen molar-refractivity contribution >= 4 is 32.3 Å². The first-order chi connectivity index (χ1) is 15.2. The van der Waals surface area contributed by atoms with Gasteiger partial charge in [0.1, 0.15) is 12.4 Å². The Morgan fingerprint density at radius 3 is 2.44 bits per heavy atom. The molecule has 4 rings (SSSR count). The van der Waals surface area contributed by atoms with Crippen molar-refractivity contribution in [1.82, 2.24) is 4.57 Å². The minimum Gasteiger partial charge on any atom is -0.337 e. The van der Waals surface area contributed by atoms with E-state index < -0.39 is 15.7 Å². The van der Waals surface area contributed by atoms with Crippen molar-refractivity contribution in [2.75, 3.05) is 5.32 Å². The molecule has 0 aliphatic rings. The van der Waals surface area contributed by atoms with Crippen molar-refractivity contribution in [3.63, 3.8) is 0 Å². The van der Waals surface area contributed by atoms with E-state index in [1.807, 2.05) is 32.0 Å². The number of aryl methyl sites for hydroxylation is 2. The molecule has 164 valence electrons. The van der Waals surface area contributed by atoms with Crippen molar-refractivity contribution in [2.45, 2.75) is 31.0 Å². The number of halogens is 1. The quantitative estimate of drug-likeness (QED) is 0.449. The number of anilines is 1. The number of amides is 1. The molecule has 0 unspecified atom stereocenters. The highest BCUT2D eigenvalue weighted by atomic mass is 32.2. The molecular weight excluding hydrogens is 427 g/mol. The zero-order valence-corrected chi connectivity index (χ0v) is 18.6. The van der Waals surface area contributed by atoms with E-state index in [0.29, 0.717) is 16.5 Å². The Morgan fingerprint density at radius 2 is 1.72 bits per heavy atom. The van der Waals surface area contributed by atoms with Gasteiger partial charge >= 0.3 is 0 Å². The van der Waals surface area contributed by atoms with Crippen molar-refractivity contribution in [2.24, 2.45) is 0 Å². The highest BCUT2D eigenvalue weighted by Gasteiger charge is 2.22. The Labute approximate surface area is 186 Å². The number of nitrogens with zero attached hydrogens (tertiary/aromatic N) is 1. The number of benzene rings is 3. The summed E-state index contributed by atoms with van der Waals surface area (Å²) < 4.78 is 41.1. The number of carbonyl (C=O) groups excluding carboxylic acids is 1. The van der Waals surface area contributed by atoms with Crippen LogP contribution >= 0.6 is 0 Å². The normalized spacial score (nSPS) is 11.6. The number of hydrogen-bond acceptors (Lipinski definition) is 3. The zero-order valence-electron chi connectivity index (χ0n) is 17.8. The molecule has 5 nitrogen and oxygen atoms in total. The molecule has 0 atom stereocenters. The van der Waals surface area contributed by atoms with E-state index in [0.717, 1.165) is 16.8 Å². The summed E-state index contributed by atoms with van der Waals surface area (Å²) >= 11 is 0. The van der Waals surface area contributed by atoms with Gasteiger partial charge in [0.05, 0.1) is 10.6 Å². The molecule has 0 saturated carbocycles. The fourth-order valence-electron chi connectivity index (χ4n) is 3.77. The van der Waals surface area contributed by atoms with Crippen molar-refractivity contribution in [3.05, 3.63) is 95.4 Å². The van der Waals surface area contributed by atoms with Crippen LogP contribution in [0.4, 0.5) is 10.1 Å². The zero-order chi connectivity index (χ0) is 22.9. The summed E-state index contributed by atoms with van der Waals surface area (Å²) in [6.45, 7) is 3.88. The largest absolute Gasteiger partial charge is 0.337 e. The first-order valence-corrected chi connectivity index (χ1v) is 11.8. The second kappa shape index (κ2) is 8.59. The molecule has 32 heavy (non-hydrogen) atoms. The van der Waals surface area contributed by atoms with Crippen LogP contribution in [0.1, 0.15) is 16.7 Å². The first kappa shape index (κ1) is 21.8. The molecule has 0 aliphatic carbocycles. The van der Waals surface area contributed by atoms with E-state index in [9.17, 15) is 17.6 Å². The van der Waals surface area contributed by atoms with Crippen LogP contribution < -0.4 is 5.32 Å². The molecule has 0 aliphatic heterocycles. The summed E-state index contributed by atoms with van der Waals surface area (Å²) in [6.07, 6.45) is 1.51. The van der Waals surface area contributed by atoms with Crippen molar-refractivity contribution in [3.8, 4) is 0 Å². The van der Waals surface area contributed by atoms with Gasteiger partial charge in [0, 0.05) is 22.8 Å². The number of aromatic nitrogens is 1. The molecular formula is C25H23FN2O3S. The predicted molar refractivity (Wildman–Crippen MR) is 124 cm³/mol. The minimum absolute atomic E-state index is 0.0279. The number of fused-ring (bicyclic) bond motifs is 1. The molecule has 1 heterocycles.